The van der Waals surface area contributed by atoms with Gasteiger partial charge < -0.3 is 30.5 Å². The minimum absolute atomic E-state index is 0.159. The second kappa shape index (κ2) is 13.1. The lowest BCUT2D eigenvalue weighted by Gasteiger charge is -2.44. The monoisotopic (exact) mass is 583 g/mol. The van der Waals surface area contributed by atoms with Gasteiger partial charge in [-0.15, -0.1) is 11.8 Å². The standard InChI is InChI=1S/C27H31Cl2NO7S/c28-16-8-4-14(5-9-16)20(32)12-18-23(33)21(13-31)37-27(24(18)34)38-22-3-1-2-19(25(22)35)30-26(36)15-6-10-17(29)11-7-15/h4-11,18-19,21-25,27,31,33-35H,1-3,12-13H2,(H,30,36)/t18-,19?,21?,22+,23+,24?,25?,27-/m0/s1. The maximum atomic E-state index is 12.9. The summed E-state index contributed by atoms with van der Waals surface area (Å²) in [5, 5.41) is 46.3. The number of ketones is 1. The van der Waals surface area contributed by atoms with Gasteiger partial charge in [-0.25, -0.2) is 0 Å². The summed E-state index contributed by atoms with van der Waals surface area (Å²) >= 11 is 13.0. The summed E-state index contributed by atoms with van der Waals surface area (Å²) in [6.07, 6.45) is -2.64. The average molecular weight is 585 g/mol. The van der Waals surface area contributed by atoms with Crippen LogP contribution in [0.3, 0.4) is 0 Å². The first kappa shape index (κ1) is 29.3. The lowest BCUT2D eigenvalue weighted by Crippen LogP contribution is -2.56. The molecule has 8 atom stereocenters. The van der Waals surface area contributed by atoms with Crippen LogP contribution in [-0.2, 0) is 4.74 Å². The Balaban J connectivity index is 1.42. The SMILES string of the molecule is O=C(C[C@@H]1C(O)[C@H](S[C@@H]2CCCC(NC(=O)c3ccc(Cl)cc3)C2O)OC(CO)[C@@H]1O)c1ccc(Cl)cc1. The number of hydrogen-bond donors (Lipinski definition) is 5. The smallest absolute Gasteiger partial charge is 0.251 e. The molecule has 5 N–H and O–H groups in total. The van der Waals surface area contributed by atoms with Crippen LogP contribution in [-0.4, -0.2) is 79.9 Å². The van der Waals surface area contributed by atoms with Crippen molar-refractivity contribution in [3.05, 3.63) is 69.7 Å². The van der Waals surface area contributed by atoms with Crippen LogP contribution in [0, 0.1) is 5.92 Å². The molecular weight excluding hydrogens is 553 g/mol. The van der Waals surface area contributed by atoms with E-state index in [0.29, 0.717) is 34.0 Å². The molecule has 1 aliphatic heterocycles. The molecule has 0 radical (unpaired) electrons. The predicted molar refractivity (Wildman–Crippen MR) is 146 cm³/mol. The molecule has 0 spiro atoms. The Labute approximate surface area is 235 Å². The van der Waals surface area contributed by atoms with Crippen molar-refractivity contribution < 1.29 is 34.8 Å². The molecule has 8 nitrogen and oxygen atoms in total. The van der Waals surface area contributed by atoms with Gasteiger partial charge in [-0.05, 0) is 61.4 Å². The summed E-state index contributed by atoms with van der Waals surface area (Å²) in [6.45, 7) is -0.496. The molecule has 2 aliphatic rings. The number of aliphatic hydroxyl groups is 4. The van der Waals surface area contributed by atoms with Gasteiger partial charge in [-0.3, -0.25) is 9.59 Å². The van der Waals surface area contributed by atoms with Crippen molar-refractivity contribution >= 4 is 46.7 Å². The molecule has 1 heterocycles. The van der Waals surface area contributed by atoms with E-state index < -0.39 is 48.4 Å². The fourth-order valence-electron chi connectivity index (χ4n) is 4.96. The highest BCUT2D eigenvalue weighted by Gasteiger charge is 2.47. The molecule has 1 amide bonds. The highest BCUT2D eigenvalue weighted by atomic mass is 35.5. The van der Waals surface area contributed by atoms with E-state index in [2.05, 4.69) is 5.32 Å². The molecule has 0 aromatic heterocycles. The zero-order valence-electron chi connectivity index (χ0n) is 20.5. The predicted octanol–water partition coefficient (Wildman–Crippen LogP) is 3.07. The number of ether oxygens (including phenoxy) is 1. The van der Waals surface area contributed by atoms with Gasteiger partial charge in [0.1, 0.15) is 11.5 Å². The second-order valence-corrected chi connectivity index (χ2v) is 11.9. The van der Waals surface area contributed by atoms with Gasteiger partial charge in [0.2, 0.25) is 0 Å². The minimum Gasteiger partial charge on any atom is -0.394 e. The third-order valence-electron chi connectivity index (χ3n) is 7.14. The van der Waals surface area contributed by atoms with Gasteiger partial charge in [0, 0.05) is 38.8 Å². The largest absolute Gasteiger partial charge is 0.394 e. The van der Waals surface area contributed by atoms with Crippen molar-refractivity contribution in [2.75, 3.05) is 6.61 Å². The number of carbonyl (C=O) groups is 2. The second-order valence-electron chi connectivity index (χ2n) is 9.69. The van der Waals surface area contributed by atoms with Gasteiger partial charge >= 0.3 is 0 Å². The van der Waals surface area contributed by atoms with Gasteiger partial charge in [0.15, 0.2) is 5.78 Å². The molecule has 2 fully saturated rings. The molecule has 2 aromatic carbocycles. The van der Waals surface area contributed by atoms with E-state index in [1.54, 1.807) is 48.5 Å². The Morgan fingerprint density at radius 2 is 1.50 bits per heavy atom. The maximum Gasteiger partial charge on any atom is 0.251 e. The fourth-order valence-corrected chi connectivity index (χ4v) is 6.78. The normalized spacial score (nSPS) is 31.5. The number of halogens is 2. The highest BCUT2D eigenvalue weighted by molar-refractivity contribution is 8.00. The first-order valence-corrected chi connectivity index (χ1v) is 14.2. The number of carbonyl (C=O) groups excluding carboxylic acids is 2. The number of thioether (sulfide) groups is 1. The molecule has 206 valence electrons. The summed E-state index contributed by atoms with van der Waals surface area (Å²) in [6, 6.07) is 12.3. The van der Waals surface area contributed by atoms with Crippen LogP contribution in [0.25, 0.3) is 0 Å². The quantitative estimate of drug-likeness (QED) is 0.299. The van der Waals surface area contributed by atoms with Gasteiger partial charge in [-0.1, -0.05) is 29.6 Å². The number of nitrogens with one attached hydrogen (secondary N) is 1. The van der Waals surface area contributed by atoms with E-state index in [-0.39, 0.29) is 23.4 Å². The number of amides is 1. The Morgan fingerprint density at radius 3 is 2.11 bits per heavy atom. The molecule has 11 heteroatoms. The molecular formula is C27H31Cl2NO7S. The molecule has 4 rings (SSSR count). The molecule has 2 aromatic rings. The van der Waals surface area contributed by atoms with Crippen molar-refractivity contribution in [3.63, 3.8) is 0 Å². The Morgan fingerprint density at radius 1 is 0.895 bits per heavy atom. The summed E-state index contributed by atoms with van der Waals surface area (Å²) < 4.78 is 5.81. The van der Waals surface area contributed by atoms with Crippen molar-refractivity contribution in [2.24, 2.45) is 5.92 Å². The van der Waals surface area contributed by atoms with Crippen molar-refractivity contribution in [1.82, 2.24) is 5.32 Å². The first-order chi connectivity index (χ1) is 18.2. The summed E-state index contributed by atoms with van der Waals surface area (Å²) in [5.74, 6) is -1.49. The molecule has 4 unspecified atom stereocenters. The van der Waals surface area contributed by atoms with E-state index in [4.69, 9.17) is 27.9 Å². The van der Waals surface area contributed by atoms with E-state index in [1.165, 1.54) is 11.8 Å². The van der Waals surface area contributed by atoms with Crippen molar-refractivity contribution in [2.45, 2.75) is 66.8 Å². The van der Waals surface area contributed by atoms with E-state index in [9.17, 15) is 30.0 Å². The number of benzene rings is 2. The molecule has 38 heavy (non-hydrogen) atoms. The lowest BCUT2D eigenvalue weighted by atomic mass is 9.84. The van der Waals surface area contributed by atoms with Gasteiger partial charge in [0.25, 0.3) is 5.91 Å². The van der Waals surface area contributed by atoms with Crippen LogP contribution in [0.15, 0.2) is 48.5 Å². The first-order valence-electron chi connectivity index (χ1n) is 12.5. The summed E-state index contributed by atoms with van der Waals surface area (Å²) in [5.41, 5.74) is -0.0775. The zero-order chi connectivity index (χ0) is 27.4. The molecule has 1 saturated heterocycles. The molecule has 1 aliphatic carbocycles. The van der Waals surface area contributed by atoms with Crippen LogP contribution < -0.4 is 5.32 Å². The van der Waals surface area contributed by atoms with Crippen LogP contribution in [0.1, 0.15) is 46.4 Å². The van der Waals surface area contributed by atoms with Gasteiger partial charge in [0.05, 0.1) is 31.0 Å². The van der Waals surface area contributed by atoms with Crippen LogP contribution in [0.4, 0.5) is 0 Å². The van der Waals surface area contributed by atoms with Crippen LogP contribution >= 0.6 is 35.0 Å². The Kier molecular flexibility index (Phi) is 10.1. The lowest BCUT2D eigenvalue weighted by molar-refractivity contribution is -0.181. The van der Waals surface area contributed by atoms with E-state index in [0.717, 1.165) is 6.42 Å². The zero-order valence-corrected chi connectivity index (χ0v) is 22.8. The third kappa shape index (κ3) is 6.89. The summed E-state index contributed by atoms with van der Waals surface area (Å²) in [4.78, 5) is 25.6. The highest BCUT2D eigenvalue weighted by Crippen LogP contribution is 2.40. The molecule has 0 bridgehead atoms. The summed E-state index contributed by atoms with van der Waals surface area (Å²) in [7, 11) is 0. The average Bonchev–Trinajstić information content (AvgIpc) is 2.91. The van der Waals surface area contributed by atoms with E-state index in [1.807, 2.05) is 0 Å². The minimum atomic E-state index is -1.26. The van der Waals surface area contributed by atoms with Crippen molar-refractivity contribution in [3.8, 4) is 0 Å². The third-order valence-corrected chi connectivity index (χ3v) is 9.17. The molecule has 1 saturated carbocycles. The number of hydrogen-bond acceptors (Lipinski definition) is 8. The number of rotatable bonds is 8. The van der Waals surface area contributed by atoms with Gasteiger partial charge in [-0.2, -0.15) is 0 Å². The van der Waals surface area contributed by atoms with Crippen LogP contribution in [0.2, 0.25) is 10.0 Å². The van der Waals surface area contributed by atoms with E-state index >= 15 is 0 Å². The Bertz CT molecular complexity index is 1100. The van der Waals surface area contributed by atoms with Crippen LogP contribution in [0.5, 0.6) is 0 Å². The fraction of sp³-hybridized carbons (Fsp3) is 0.481. The topological polar surface area (TPSA) is 136 Å². The Hall–Kier alpha value is -1.69. The van der Waals surface area contributed by atoms with Crippen molar-refractivity contribution in [1.29, 1.82) is 0 Å². The maximum absolute atomic E-state index is 12.9. The number of Topliss-reactive ketones (excluding diaryl/α,β-unsaturated/α-hetero) is 1. The number of aliphatic hydroxyl groups excluding tert-OH is 4.